The maximum Gasteiger partial charge on any atom is 0.203 e. The third kappa shape index (κ3) is 2.21. The van der Waals surface area contributed by atoms with Gasteiger partial charge in [-0.2, -0.15) is 0 Å². The molecule has 1 saturated heterocycles. The molecule has 4 heteroatoms. The zero-order valence-corrected chi connectivity index (χ0v) is 10.5. The molecule has 0 aromatic carbocycles. The summed E-state index contributed by atoms with van der Waals surface area (Å²) in [5, 5.41) is 3.18. The molecule has 2 rings (SSSR count). The SMILES string of the molecule is CCN1CCCC(n2cc(C)nc2NC)C1. The molecule has 1 N–H and O–H groups in total. The molecule has 2 heterocycles. The lowest BCUT2D eigenvalue weighted by Crippen LogP contribution is -2.36. The molecular formula is C12H22N4. The molecule has 90 valence electrons. The number of hydrogen-bond donors (Lipinski definition) is 1. The van der Waals surface area contributed by atoms with Crippen molar-refractivity contribution in [3.8, 4) is 0 Å². The fourth-order valence-electron chi connectivity index (χ4n) is 2.52. The van der Waals surface area contributed by atoms with Gasteiger partial charge in [0, 0.05) is 25.8 Å². The van der Waals surface area contributed by atoms with Crippen molar-refractivity contribution in [2.75, 3.05) is 32.0 Å². The van der Waals surface area contributed by atoms with Gasteiger partial charge in [-0.15, -0.1) is 0 Å². The second-order valence-electron chi connectivity index (χ2n) is 4.55. The first kappa shape index (κ1) is 11.5. The highest BCUT2D eigenvalue weighted by atomic mass is 15.2. The van der Waals surface area contributed by atoms with E-state index in [1.165, 1.54) is 19.4 Å². The third-order valence-electron chi connectivity index (χ3n) is 3.40. The van der Waals surface area contributed by atoms with Crippen LogP contribution in [0.1, 0.15) is 31.5 Å². The molecule has 4 nitrogen and oxygen atoms in total. The minimum Gasteiger partial charge on any atom is -0.359 e. The number of imidazole rings is 1. The van der Waals surface area contributed by atoms with Crippen LogP contribution < -0.4 is 5.32 Å². The highest BCUT2D eigenvalue weighted by molar-refractivity contribution is 5.28. The highest BCUT2D eigenvalue weighted by Crippen LogP contribution is 2.25. The molecule has 0 spiro atoms. The van der Waals surface area contributed by atoms with Gasteiger partial charge >= 0.3 is 0 Å². The van der Waals surface area contributed by atoms with Crippen LogP contribution in [0.15, 0.2) is 6.20 Å². The maximum absolute atomic E-state index is 4.49. The van der Waals surface area contributed by atoms with Crippen LogP contribution in [0.3, 0.4) is 0 Å². The number of likely N-dealkylation sites (tertiary alicyclic amines) is 1. The standard InChI is InChI=1S/C12H22N4/c1-4-15-7-5-6-11(9-15)16-8-10(2)14-12(16)13-3/h8,11H,4-7,9H2,1-3H3,(H,13,14). The average Bonchev–Trinajstić information content (AvgIpc) is 2.70. The lowest BCUT2D eigenvalue weighted by Gasteiger charge is -2.33. The summed E-state index contributed by atoms with van der Waals surface area (Å²) in [7, 11) is 1.94. The molecule has 0 radical (unpaired) electrons. The first-order chi connectivity index (χ1) is 7.74. The Bertz CT molecular complexity index is 345. The van der Waals surface area contributed by atoms with Crippen LogP contribution in [0, 0.1) is 6.92 Å². The van der Waals surface area contributed by atoms with Crippen LogP contribution in [0.25, 0.3) is 0 Å². The van der Waals surface area contributed by atoms with E-state index in [9.17, 15) is 0 Å². The number of anilines is 1. The molecule has 0 saturated carbocycles. The molecule has 0 bridgehead atoms. The Labute approximate surface area is 97.7 Å². The summed E-state index contributed by atoms with van der Waals surface area (Å²) in [6.07, 6.45) is 4.72. The third-order valence-corrected chi connectivity index (χ3v) is 3.40. The molecule has 1 fully saturated rings. The summed E-state index contributed by atoms with van der Waals surface area (Å²) in [6.45, 7) is 7.84. The molecule has 0 amide bonds. The maximum atomic E-state index is 4.49. The molecule has 1 atom stereocenters. The summed E-state index contributed by atoms with van der Waals surface area (Å²) in [4.78, 5) is 7.01. The summed E-state index contributed by atoms with van der Waals surface area (Å²) in [5.74, 6) is 1.00. The van der Waals surface area contributed by atoms with Gasteiger partial charge < -0.3 is 14.8 Å². The second kappa shape index (κ2) is 4.87. The second-order valence-corrected chi connectivity index (χ2v) is 4.55. The van der Waals surface area contributed by atoms with Crippen molar-refractivity contribution in [2.45, 2.75) is 32.7 Å². The first-order valence-corrected chi connectivity index (χ1v) is 6.20. The van der Waals surface area contributed by atoms with E-state index < -0.39 is 0 Å². The van der Waals surface area contributed by atoms with Crippen molar-refractivity contribution in [2.24, 2.45) is 0 Å². The van der Waals surface area contributed by atoms with Crippen molar-refractivity contribution in [3.63, 3.8) is 0 Å². The van der Waals surface area contributed by atoms with Gasteiger partial charge in [-0.3, -0.25) is 0 Å². The molecular weight excluding hydrogens is 200 g/mol. The van der Waals surface area contributed by atoms with Crippen LogP contribution >= 0.6 is 0 Å². The van der Waals surface area contributed by atoms with Gasteiger partial charge in [-0.25, -0.2) is 4.98 Å². The summed E-state index contributed by atoms with van der Waals surface area (Å²) in [6, 6.07) is 0.581. The molecule has 1 aliphatic heterocycles. The molecule has 1 aliphatic rings. The van der Waals surface area contributed by atoms with Gasteiger partial charge in [-0.1, -0.05) is 6.92 Å². The summed E-state index contributed by atoms with van der Waals surface area (Å²) < 4.78 is 2.30. The van der Waals surface area contributed by atoms with Crippen molar-refractivity contribution in [3.05, 3.63) is 11.9 Å². The quantitative estimate of drug-likeness (QED) is 0.848. The fraction of sp³-hybridized carbons (Fsp3) is 0.750. The van der Waals surface area contributed by atoms with Crippen LogP contribution in [-0.2, 0) is 0 Å². The van der Waals surface area contributed by atoms with Gasteiger partial charge in [0.25, 0.3) is 0 Å². The Kier molecular flexibility index (Phi) is 3.49. The van der Waals surface area contributed by atoms with Crippen molar-refractivity contribution < 1.29 is 0 Å². The minimum atomic E-state index is 0.581. The Balaban J connectivity index is 2.15. The number of likely N-dealkylation sites (N-methyl/N-ethyl adjacent to an activating group) is 1. The normalized spacial score (nSPS) is 22.3. The van der Waals surface area contributed by atoms with E-state index >= 15 is 0 Å². The predicted molar refractivity (Wildman–Crippen MR) is 66.9 cm³/mol. The number of rotatable bonds is 3. The van der Waals surface area contributed by atoms with Crippen molar-refractivity contribution in [1.82, 2.24) is 14.5 Å². The van der Waals surface area contributed by atoms with Gasteiger partial charge in [0.05, 0.1) is 5.69 Å². The summed E-state index contributed by atoms with van der Waals surface area (Å²) in [5.41, 5.74) is 1.10. The zero-order valence-electron chi connectivity index (χ0n) is 10.5. The van der Waals surface area contributed by atoms with Crippen LogP contribution in [-0.4, -0.2) is 41.1 Å². The van der Waals surface area contributed by atoms with Crippen LogP contribution in [0.2, 0.25) is 0 Å². The molecule has 1 aromatic heterocycles. The monoisotopic (exact) mass is 222 g/mol. The molecule has 1 unspecified atom stereocenters. The van der Waals surface area contributed by atoms with E-state index in [1.807, 2.05) is 7.05 Å². The minimum absolute atomic E-state index is 0.581. The number of piperidine rings is 1. The van der Waals surface area contributed by atoms with E-state index in [4.69, 9.17) is 0 Å². The first-order valence-electron chi connectivity index (χ1n) is 6.20. The van der Waals surface area contributed by atoms with Crippen molar-refractivity contribution >= 4 is 5.95 Å². The Morgan fingerprint density at radius 1 is 1.56 bits per heavy atom. The van der Waals surface area contributed by atoms with Gasteiger partial charge in [0.2, 0.25) is 5.95 Å². The van der Waals surface area contributed by atoms with E-state index in [1.54, 1.807) is 0 Å². The number of aryl methyl sites for hydroxylation is 1. The lowest BCUT2D eigenvalue weighted by molar-refractivity contribution is 0.186. The van der Waals surface area contributed by atoms with Gasteiger partial charge in [-0.05, 0) is 32.9 Å². The topological polar surface area (TPSA) is 33.1 Å². The number of hydrogen-bond acceptors (Lipinski definition) is 3. The number of aromatic nitrogens is 2. The largest absolute Gasteiger partial charge is 0.359 e. The Hall–Kier alpha value is -1.03. The van der Waals surface area contributed by atoms with E-state index in [-0.39, 0.29) is 0 Å². The molecule has 16 heavy (non-hydrogen) atoms. The molecule has 1 aromatic rings. The van der Waals surface area contributed by atoms with Crippen LogP contribution in [0.5, 0.6) is 0 Å². The van der Waals surface area contributed by atoms with Crippen molar-refractivity contribution in [1.29, 1.82) is 0 Å². The Morgan fingerprint density at radius 3 is 3.06 bits per heavy atom. The average molecular weight is 222 g/mol. The number of nitrogens with one attached hydrogen (secondary N) is 1. The van der Waals surface area contributed by atoms with E-state index in [2.05, 4.69) is 39.8 Å². The lowest BCUT2D eigenvalue weighted by atomic mass is 10.1. The summed E-state index contributed by atoms with van der Waals surface area (Å²) >= 11 is 0. The van der Waals surface area contributed by atoms with Gasteiger partial charge in [0.15, 0.2) is 0 Å². The smallest absolute Gasteiger partial charge is 0.203 e. The zero-order chi connectivity index (χ0) is 11.5. The van der Waals surface area contributed by atoms with Crippen LogP contribution in [0.4, 0.5) is 5.95 Å². The molecule has 0 aliphatic carbocycles. The van der Waals surface area contributed by atoms with E-state index in [0.29, 0.717) is 6.04 Å². The van der Waals surface area contributed by atoms with E-state index in [0.717, 1.165) is 24.7 Å². The van der Waals surface area contributed by atoms with Gasteiger partial charge in [0.1, 0.15) is 0 Å². The fourth-order valence-corrected chi connectivity index (χ4v) is 2.52. The predicted octanol–water partition coefficient (Wildman–Crippen LogP) is 1.89. The Morgan fingerprint density at radius 2 is 2.38 bits per heavy atom. The number of nitrogens with zero attached hydrogens (tertiary/aromatic N) is 3. The highest BCUT2D eigenvalue weighted by Gasteiger charge is 2.22.